The van der Waals surface area contributed by atoms with E-state index < -0.39 is 0 Å². The molecule has 3 aliphatic rings. The zero-order chi connectivity index (χ0) is 26.6. The Balaban J connectivity index is 1.31. The smallest absolute Gasteiger partial charge is 0.325 e. The lowest BCUT2D eigenvalue weighted by molar-refractivity contribution is 0.0883. The minimum Gasteiger partial charge on any atom is -0.497 e. The van der Waals surface area contributed by atoms with Gasteiger partial charge >= 0.3 is 6.03 Å². The zero-order valence-corrected chi connectivity index (χ0v) is 23.0. The molecule has 1 spiro atoms. The fourth-order valence-electron chi connectivity index (χ4n) is 6.96. The van der Waals surface area contributed by atoms with Crippen molar-refractivity contribution in [1.82, 2.24) is 24.5 Å². The van der Waals surface area contributed by atoms with Gasteiger partial charge in [-0.15, -0.1) is 0 Å². The molecule has 3 aromatic rings. The van der Waals surface area contributed by atoms with Gasteiger partial charge in [-0.25, -0.2) is 4.79 Å². The number of benzene rings is 2. The SMILES string of the molecule is CCN1C(=O)N2Cc3cc(OC)cc(OC)c3[C@@H](C)C=C2C12CCN(Cc1nn(C)c3ccccc13)CC2. The number of para-hydroxylation sites is 1. The van der Waals surface area contributed by atoms with E-state index in [9.17, 15) is 4.79 Å². The number of piperidine rings is 1. The summed E-state index contributed by atoms with van der Waals surface area (Å²) >= 11 is 0. The summed E-state index contributed by atoms with van der Waals surface area (Å²) in [6.07, 6.45) is 4.13. The number of carbonyl (C=O) groups excluding carboxylic acids is 1. The molecular weight excluding hydrogens is 478 g/mol. The van der Waals surface area contributed by atoms with Crippen molar-refractivity contribution in [2.24, 2.45) is 7.05 Å². The van der Waals surface area contributed by atoms with Gasteiger partial charge in [0.15, 0.2) is 0 Å². The van der Waals surface area contributed by atoms with Crippen molar-refractivity contribution < 1.29 is 14.3 Å². The van der Waals surface area contributed by atoms with E-state index in [4.69, 9.17) is 14.6 Å². The van der Waals surface area contributed by atoms with Gasteiger partial charge in [-0.3, -0.25) is 14.5 Å². The number of hydrogen-bond acceptors (Lipinski definition) is 5. The highest BCUT2D eigenvalue weighted by atomic mass is 16.5. The maximum absolute atomic E-state index is 13.9. The quantitative estimate of drug-likeness (QED) is 0.485. The van der Waals surface area contributed by atoms with E-state index in [-0.39, 0.29) is 17.5 Å². The molecule has 0 saturated carbocycles. The van der Waals surface area contributed by atoms with E-state index in [0.29, 0.717) is 13.1 Å². The number of amides is 2. The van der Waals surface area contributed by atoms with Crippen molar-refractivity contribution in [3.63, 3.8) is 0 Å². The first-order valence-corrected chi connectivity index (χ1v) is 13.6. The number of ether oxygens (including phenoxy) is 2. The third kappa shape index (κ3) is 3.68. The van der Waals surface area contributed by atoms with Gasteiger partial charge in [-0.1, -0.05) is 31.2 Å². The average molecular weight is 516 g/mol. The molecule has 4 heterocycles. The first-order valence-electron chi connectivity index (χ1n) is 13.6. The lowest BCUT2D eigenvalue weighted by Gasteiger charge is -2.44. The molecule has 2 amide bonds. The molecule has 0 N–H and O–H groups in total. The predicted molar refractivity (Wildman–Crippen MR) is 147 cm³/mol. The van der Waals surface area contributed by atoms with Gasteiger partial charge in [0.2, 0.25) is 0 Å². The predicted octanol–water partition coefficient (Wildman–Crippen LogP) is 4.88. The van der Waals surface area contributed by atoms with Crippen LogP contribution in [-0.4, -0.2) is 69.9 Å². The minimum atomic E-state index is -0.290. The molecular formula is C30H37N5O3. The number of likely N-dealkylation sites (tertiary alicyclic amines) is 1. The molecule has 0 radical (unpaired) electrons. The van der Waals surface area contributed by atoms with Crippen LogP contribution in [0.15, 0.2) is 48.2 Å². The van der Waals surface area contributed by atoms with Crippen LogP contribution in [0, 0.1) is 0 Å². The second kappa shape index (κ2) is 9.34. The second-order valence-electron chi connectivity index (χ2n) is 10.8. The van der Waals surface area contributed by atoms with Crippen LogP contribution in [0.1, 0.15) is 49.4 Å². The lowest BCUT2D eigenvalue weighted by atomic mass is 9.82. The van der Waals surface area contributed by atoms with E-state index in [2.05, 4.69) is 60.1 Å². The summed E-state index contributed by atoms with van der Waals surface area (Å²) in [6.45, 7) is 8.18. The maximum atomic E-state index is 13.9. The van der Waals surface area contributed by atoms with Crippen molar-refractivity contribution in [3.05, 3.63) is 65.0 Å². The minimum absolute atomic E-state index is 0.102. The van der Waals surface area contributed by atoms with Crippen molar-refractivity contribution in [2.75, 3.05) is 33.9 Å². The Hall–Kier alpha value is -3.52. The molecule has 200 valence electrons. The fraction of sp³-hybridized carbons (Fsp3) is 0.467. The van der Waals surface area contributed by atoms with Gasteiger partial charge < -0.3 is 14.4 Å². The molecule has 1 atom stereocenters. The summed E-state index contributed by atoms with van der Waals surface area (Å²) in [6, 6.07) is 12.5. The monoisotopic (exact) mass is 515 g/mol. The second-order valence-corrected chi connectivity index (χ2v) is 10.8. The number of likely N-dealkylation sites (N-methyl/N-ethyl adjacent to an activating group) is 1. The van der Waals surface area contributed by atoms with Gasteiger partial charge in [-0.05, 0) is 37.5 Å². The summed E-state index contributed by atoms with van der Waals surface area (Å²) in [4.78, 5) is 20.5. The number of rotatable bonds is 5. The number of fused-ring (bicyclic) bond motifs is 4. The Bertz CT molecular complexity index is 1420. The van der Waals surface area contributed by atoms with E-state index in [1.54, 1.807) is 14.2 Å². The highest BCUT2D eigenvalue weighted by Crippen LogP contribution is 2.49. The Kier molecular flexibility index (Phi) is 6.10. The Labute approximate surface area is 224 Å². The number of aryl methyl sites for hydroxylation is 1. The van der Waals surface area contributed by atoms with Crippen LogP contribution in [-0.2, 0) is 20.1 Å². The van der Waals surface area contributed by atoms with Gasteiger partial charge in [0.05, 0.1) is 37.5 Å². The van der Waals surface area contributed by atoms with Crippen molar-refractivity contribution in [1.29, 1.82) is 0 Å². The molecule has 0 aliphatic carbocycles. The molecule has 0 bridgehead atoms. The van der Waals surface area contributed by atoms with Crippen molar-refractivity contribution in [2.45, 2.75) is 51.2 Å². The highest BCUT2D eigenvalue weighted by Gasteiger charge is 2.54. The molecule has 2 aromatic carbocycles. The van der Waals surface area contributed by atoms with Crippen molar-refractivity contribution in [3.8, 4) is 11.5 Å². The average Bonchev–Trinajstić information content (AvgIpc) is 3.28. The van der Waals surface area contributed by atoms with Crippen LogP contribution in [0.2, 0.25) is 0 Å². The van der Waals surface area contributed by atoms with Crippen LogP contribution >= 0.6 is 0 Å². The molecule has 0 unspecified atom stereocenters. The van der Waals surface area contributed by atoms with Crippen LogP contribution in [0.5, 0.6) is 11.5 Å². The highest BCUT2D eigenvalue weighted by molar-refractivity contribution is 5.83. The first-order chi connectivity index (χ1) is 18.4. The van der Waals surface area contributed by atoms with Gasteiger partial charge in [0, 0.05) is 61.9 Å². The first kappa shape index (κ1) is 24.8. The summed E-state index contributed by atoms with van der Waals surface area (Å²) < 4.78 is 13.3. The summed E-state index contributed by atoms with van der Waals surface area (Å²) in [7, 11) is 5.38. The third-order valence-electron chi connectivity index (χ3n) is 8.80. The molecule has 3 aliphatic heterocycles. The Morgan fingerprint density at radius 2 is 1.87 bits per heavy atom. The van der Waals surface area contributed by atoms with Gasteiger partial charge in [-0.2, -0.15) is 5.10 Å². The molecule has 1 aromatic heterocycles. The maximum Gasteiger partial charge on any atom is 0.325 e. The number of urea groups is 1. The van der Waals surface area contributed by atoms with Gasteiger partial charge in [0.25, 0.3) is 0 Å². The molecule has 38 heavy (non-hydrogen) atoms. The largest absolute Gasteiger partial charge is 0.497 e. The lowest BCUT2D eigenvalue weighted by Crippen LogP contribution is -2.53. The topological polar surface area (TPSA) is 63.1 Å². The molecule has 2 saturated heterocycles. The number of hydrogen-bond donors (Lipinski definition) is 0. The summed E-state index contributed by atoms with van der Waals surface area (Å²) in [5, 5.41) is 6.04. The fourth-order valence-corrected chi connectivity index (χ4v) is 6.96. The number of allylic oxidation sites excluding steroid dienone is 1. The number of aromatic nitrogens is 2. The molecule has 8 heteroatoms. The molecule has 2 fully saturated rings. The zero-order valence-electron chi connectivity index (χ0n) is 23.0. The molecule has 8 nitrogen and oxygen atoms in total. The van der Waals surface area contributed by atoms with E-state index in [0.717, 1.165) is 72.0 Å². The Morgan fingerprint density at radius 1 is 1.11 bits per heavy atom. The third-order valence-corrected chi connectivity index (χ3v) is 8.80. The number of methoxy groups -OCH3 is 2. The normalized spacial score (nSPS) is 20.9. The van der Waals surface area contributed by atoms with Crippen LogP contribution in [0.4, 0.5) is 4.79 Å². The summed E-state index contributed by atoms with van der Waals surface area (Å²) in [5.74, 6) is 1.68. The van der Waals surface area contributed by atoms with Crippen LogP contribution in [0.25, 0.3) is 10.9 Å². The van der Waals surface area contributed by atoms with E-state index in [1.165, 1.54) is 5.39 Å². The van der Waals surface area contributed by atoms with Crippen LogP contribution < -0.4 is 9.47 Å². The van der Waals surface area contributed by atoms with Crippen molar-refractivity contribution >= 4 is 16.9 Å². The Morgan fingerprint density at radius 3 is 2.58 bits per heavy atom. The number of nitrogens with zero attached hydrogens (tertiary/aromatic N) is 5. The summed E-state index contributed by atoms with van der Waals surface area (Å²) in [5.41, 5.74) is 5.37. The van der Waals surface area contributed by atoms with E-state index in [1.807, 2.05) is 22.7 Å². The van der Waals surface area contributed by atoms with Crippen LogP contribution in [0.3, 0.4) is 0 Å². The molecule has 6 rings (SSSR count). The number of carbonyl (C=O) groups is 1. The van der Waals surface area contributed by atoms with Gasteiger partial charge in [0.1, 0.15) is 11.5 Å². The standard InChI is InChI=1S/C30H37N5O3/c1-6-35-29(36)34-18-21-16-22(37-4)17-26(38-5)28(21)20(2)15-27(34)30(35)11-13-33(14-12-30)19-24-23-9-7-8-10-25(23)32(3)31-24/h7-10,15-17,20H,6,11-14,18-19H2,1-5H3/t20-/m0/s1. The van der Waals surface area contributed by atoms with E-state index >= 15 is 0 Å².